The average Bonchev–Trinajstić information content (AvgIpc) is 2.16. The van der Waals surface area contributed by atoms with E-state index in [-0.39, 0.29) is 5.56 Å². The number of aliphatic hydroxyl groups excluding tert-OH is 1. The number of carboxylic acids is 1. The maximum Gasteiger partial charge on any atom is 0.377 e. The van der Waals surface area contributed by atoms with Gasteiger partial charge in [-0.25, -0.2) is 4.79 Å². The van der Waals surface area contributed by atoms with Crippen LogP contribution in [0.5, 0.6) is 0 Å². The van der Waals surface area contributed by atoms with Crippen molar-refractivity contribution in [3.63, 3.8) is 0 Å². The minimum atomic E-state index is -1.48. The number of rotatable bonds is 3. The third kappa shape index (κ3) is 2.17. The van der Waals surface area contributed by atoms with Gasteiger partial charge in [0.1, 0.15) is 0 Å². The first-order valence-electron chi connectivity index (χ1n) is 4.08. The highest BCUT2D eigenvalue weighted by atomic mass is 16.4. The van der Waals surface area contributed by atoms with Crippen molar-refractivity contribution in [1.29, 1.82) is 0 Å². The molecule has 0 aromatic heterocycles. The monoisotopic (exact) mass is 194 g/mol. The first kappa shape index (κ1) is 10.4. The summed E-state index contributed by atoms with van der Waals surface area (Å²) in [6.07, 6.45) is -0.621. The van der Waals surface area contributed by atoms with Crippen LogP contribution >= 0.6 is 0 Å². The molecular weight excluding hydrogens is 184 g/mol. The summed E-state index contributed by atoms with van der Waals surface area (Å²) >= 11 is 0. The molecule has 2 N–H and O–H groups in total. The molecule has 1 unspecified atom stereocenters. The summed E-state index contributed by atoms with van der Waals surface area (Å²) in [6.45, 7) is 1.59. The van der Waals surface area contributed by atoms with Gasteiger partial charge in [-0.05, 0) is 12.5 Å². The van der Waals surface area contributed by atoms with E-state index in [0.29, 0.717) is 5.56 Å². The Balaban J connectivity index is 2.94. The fourth-order valence-electron chi connectivity index (χ4n) is 1.04. The van der Waals surface area contributed by atoms with E-state index in [4.69, 9.17) is 10.2 Å². The van der Waals surface area contributed by atoms with E-state index < -0.39 is 17.9 Å². The average molecular weight is 194 g/mol. The minimum absolute atomic E-state index is 0.113. The van der Waals surface area contributed by atoms with Gasteiger partial charge in [-0.3, -0.25) is 4.79 Å². The summed E-state index contributed by atoms with van der Waals surface area (Å²) in [4.78, 5) is 21.3. The zero-order valence-electron chi connectivity index (χ0n) is 7.60. The van der Waals surface area contributed by atoms with Crippen LogP contribution in [-0.2, 0) is 4.79 Å². The number of ketones is 1. The predicted molar refractivity (Wildman–Crippen MR) is 49.0 cm³/mol. The van der Waals surface area contributed by atoms with Crippen LogP contribution in [0, 0.1) is 0 Å². The van der Waals surface area contributed by atoms with Crippen molar-refractivity contribution in [1.82, 2.24) is 0 Å². The normalized spacial score (nSPS) is 12.1. The van der Waals surface area contributed by atoms with Gasteiger partial charge in [-0.2, -0.15) is 0 Å². The predicted octanol–water partition coefficient (Wildman–Crippen LogP) is 1.01. The molecule has 0 fully saturated rings. The van der Waals surface area contributed by atoms with Crippen LogP contribution in [0.25, 0.3) is 0 Å². The molecule has 1 aromatic rings. The fraction of sp³-hybridized carbons (Fsp3) is 0.200. The summed E-state index contributed by atoms with van der Waals surface area (Å²) in [5.41, 5.74) is 0.758. The zero-order chi connectivity index (χ0) is 10.7. The lowest BCUT2D eigenvalue weighted by atomic mass is 10.1. The molecule has 0 amide bonds. The first-order chi connectivity index (χ1) is 6.52. The Bertz CT molecular complexity index is 351. The van der Waals surface area contributed by atoms with Gasteiger partial charge in [0.25, 0.3) is 5.78 Å². The van der Waals surface area contributed by atoms with Crippen LogP contribution < -0.4 is 0 Å². The third-order valence-corrected chi connectivity index (χ3v) is 1.85. The number of aliphatic carboxylic acids is 1. The second kappa shape index (κ2) is 4.02. The number of carboxylic acid groups (broad SMARTS) is 1. The molecule has 1 aromatic carbocycles. The molecule has 0 bridgehead atoms. The molecule has 0 saturated heterocycles. The Hall–Kier alpha value is -1.68. The van der Waals surface area contributed by atoms with Crippen molar-refractivity contribution in [2.45, 2.75) is 13.0 Å². The summed E-state index contributed by atoms with van der Waals surface area (Å²) in [6, 6.07) is 5.83. The molecule has 1 rings (SSSR count). The lowest BCUT2D eigenvalue weighted by Crippen LogP contribution is -2.12. The van der Waals surface area contributed by atoms with E-state index in [9.17, 15) is 9.59 Å². The van der Waals surface area contributed by atoms with Gasteiger partial charge in [0.05, 0.1) is 6.10 Å². The van der Waals surface area contributed by atoms with Gasteiger partial charge < -0.3 is 10.2 Å². The Morgan fingerprint density at radius 3 is 2.07 bits per heavy atom. The van der Waals surface area contributed by atoms with Crippen molar-refractivity contribution in [3.8, 4) is 0 Å². The van der Waals surface area contributed by atoms with Crippen LogP contribution in [0.2, 0.25) is 0 Å². The van der Waals surface area contributed by atoms with Gasteiger partial charge in [-0.1, -0.05) is 24.3 Å². The Labute approximate surface area is 80.8 Å². The maximum absolute atomic E-state index is 11.0. The van der Waals surface area contributed by atoms with Gasteiger partial charge >= 0.3 is 5.97 Å². The number of carbonyl (C=O) groups excluding carboxylic acids is 1. The van der Waals surface area contributed by atoms with Crippen molar-refractivity contribution >= 4 is 11.8 Å². The molecule has 0 radical (unpaired) electrons. The van der Waals surface area contributed by atoms with Crippen LogP contribution in [-0.4, -0.2) is 22.0 Å². The zero-order valence-corrected chi connectivity index (χ0v) is 7.60. The largest absolute Gasteiger partial charge is 0.475 e. The molecule has 0 aliphatic carbocycles. The molecule has 74 valence electrons. The van der Waals surface area contributed by atoms with Crippen LogP contribution in [0.15, 0.2) is 24.3 Å². The summed E-state index contributed by atoms with van der Waals surface area (Å²) < 4.78 is 0. The number of Topliss-reactive ketones (excluding diaryl/α,β-unsaturated/α-hetero) is 1. The van der Waals surface area contributed by atoms with E-state index in [1.165, 1.54) is 24.3 Å². The van der Waals surface area contributed by atoms with Crippen molar-refractivity contribution in [2.75, 3.05) is 0 Å². The molecule has 0 saturated carbocycles. The number of hydrogen-bond donors (Lipinski definition) is 2. The standard InChI is InChI=1S/C10H10O4/c1-6(11)7-2-4-8(5-3-7)9(12)10(13)14/h2-6,11H,1H3,(H,13,14). The van der Waals surface area contributed by atoms with Crippen LogP contribution in [0.3, 0.4) is 0 Å². The number of benzene rings is 1. The second-order valence-electron chi connectivity index (χ2n) is 2.93. The van der Waals surface area contributed by atoms with E-state index in [0.717, 1.165) is 0 Å². The molecule has 4 nitrogen and oxygen atoms in total. The molecule has 4 heteroatoms. The molecular formula is C10H10O4. The van der Waals surface area contributed by atoms with Crippen molar-refractivity contribution in [3.05, 3.63) is 35.4 Å². The van der Waals surface area contributed by atoms with Gasteiger partial charge in [0.15, 0.2) is 0 Å². The summed E-state index contributed by atoms with van der Waals surface area (Å²) in [5.74, 6) is -2.42. The van der Waals surface area contributed by atoms with E-state index in [1.54, 1.807) is 6.92 Å². The highest BCUT2D eigenvalue weighted by molar-refractivity contribution is 6.39. The summed E-state index contributed by atoms with van der Waals surface area (Å²) in [7, 11) is 0. The smallest absolute Gasteiger partial charge is 0.377 e. The molecule has 14 heavy (non-hydrogen) atoms. The van der Waals surface area contributed by atoms with E-state index in [1.807, 2.05) is 0 Å². The Kier molecular flexibility index (Phi) is 2.99. The maximum atomic E-state index is 11.0. The summed E-state index contributed by atoms with van der Waals surface area (Å²) in [5, 5.41) is 17.6. The third-order valence-electron chi connectivity index (χ3n) is 1.85. The molecule has 0 spiro atoms. The van der Waals surface area contributed by atoms with Gasteiger partial charge in [0.2, 0.25) is 0 Å². The van der Waals surface area contributed by atoms with E-state index in [2.05, 4.69) is 0 Å². The molecule has 1 atom stereocenters. The van der Waals surface area contributed by atoms with Crippen molar-refractivity contribution < 1.29 is 19.8 Å². The van der Waals surface area contributed by atoms with E-state index >= 15 is 0 Å². The lowest BCUT2D eigenvalue weighted by molar-refractivity contribution is -0.131. The van der Waals surface area contributed by atoms with Crippen LogP contribution in [0.4, 0.5) is 0 Å². The lowest BCUT2D eigenvalue weighted by Gasteiger charge is -2.04. The topological polar surface area (TPSA) is 74.6 Å². The molecule has 0 aliphatic heterocycles. The van der Waals surface area contributed by atoms with Gasteiger partial charge in [0, 0.05) is 5.56 Å². The molecule has 0 aliphatic rings. The Morgan fingerprint density at radius 2 is 1.71 bits per heavy atom. The highest BCUT2D eigenvalue weighted by Gasteiger charge is 2.14. The van der Waals surface area contributed by atoms with Gasteiger partial charge in [-0.15, -0.1) is 0 Å². The number of hydrogen-bond acceptors (Lipinski definition) is 3. The minimum Gasteiger partial charge on any atom is -0.475 e. The van der Waals surface area contributed by atoms with Crippen molar-refractivity contribution in [2.24, 2.45) is 0 Å². The Morgan fingerprint density at radius 1 is 1.21 bits per heavy atom. The number of carbonyl (C=O) groups is 2. The quantitative estimate of drug-likeness (QED) is 0.556. The van der Waals surface area contributed by atoms with Crippen LogP contribution in [0.1, 0.15) is 28.9 Å². The fourth-order valence-corrected chi connectivity index (χ4v) is 1.04. The molecule has 0 heterocycles. The second-order valence-corrected chi connectivity index (χ2v) is 2.93. The SMILES string of the molecule is CC(O)c1ccc(C(=O)C(=O)O)cc1. The highest BCUT2D eigenvalue weighted by Crippen LogP contribution is 2.12. The number of aliphatic hydroxyl groups is 1. The first-order valence-corrected chi connectivity index (χ1v) is 4.08.